The van der Waals surface area contributed by atoms with Gasteiger partial charge in [0.25, 0.3) is 0 Å². The molecule has 0 radical (unpaired) electrons. The van der Waals surface area contributed by atoms with Crippen molar-refractivity contribution in [1.29, 1.82) is 0 Å². The summed E-state index contributed by atoms with van der Waals surface area (Å²) in [7, 11) is 0. The molecule has 0 spiro atoms. The minimum Gasteiger partial charge on any atom is -0.445 e. The van der Waals surface area contributed by atoms with Gasteiger partial charge in [-0.3, -0.25) is 0 Å². The zero-order valence-corrected chi connectivity index (χ0v) is 12.0. The highest BCUT2D eigenvalue weighted by Crippen LogP contribution is 2.44. The number of carbonyl (C=O) groups is 1. The van der Waals surface area contributed by atoms with E-state index in [0.717, 1.165) is 12.0 Å². The maximum absolute atomic E-state index is 11.7. The molecule has 1 aromatic carbocycles. The number of alkyl carbamates (subject to hydrolysis) is 1. The maximum Gasteiger partial charge on any atom is 0.407 e. The van der Waals surface area contributed by atoms with Crippen LogP contribution < -0.4 is 5.32 Å². The Labute approximate surface area is 120 Å². The number of rotatable bonds is 6. The summed E-state index contributed by atoms with van der Waals surface area (Å²) in [5.41, 5.74) is 1.22. The second-order valence-corrected chi connectivity index (χ2v) is 5.95. The summed E-state index contributed by atoms with van der Waals surface area (Å²) in [6, 6.07) is 9.33. The molecular weight excluding hydrogens is 254 g/mol. The molecule has 2 N–H and O–H groups in total. The van der Waals surface area contributed by atoms with Crippen LogP contribution >= 0.6 is 0 Å². The first-order valence-electron chi connectivity index (χ1n) is 7.19. The lowest BCUT2D eigenvalue weighted by atomic mass is 9.67. The lowest BCUT2D eigenvalue weighted by Gasteiger charge is -2.40. The van der Waals surface area contributed by atoms with Crippen LogP contribution in [0, 0.1) is 5.41 Å². The van der Waals surface area contributed by atoms with E-state index in [-0.39, 0.29) is 24.7 Å². The number of nitrogens with one attached hydrogen (secondary N) is 1. The molecule has 1 amide bonds. The molecule has 1 aromatic rings. The fraction of sp³-hybridized carbons (Fsp3) is 0.562. The number of ether oxygens (including phenoxy) is 1. The van der Waals surface area contributed by atoms with E-state index in [0.29, 0.717) is 0 Å². The topological polar surface area (TPSA) is 58.6 Å². The first-order valence-corrected chi connectivity index (χ1v) is 7.19. The van der Waals surface area contributed by atoms with Gasteiger partial charge in [-0.25, -0.2) is 4.79 Å². The van der Waals surface area contributed by atoms with Crippen LogP contribution in [-0.2, 0) is 11.3 Å². The molecular formula is C16H23NO3. The Morgan fingerprint density at radius 2 is 2.10 bits per heavy atom. The number of hydrogen-bond acceptors (Lipinski definition) is 3. The van der Waals surface area contributed by atoms with Crippen molar-refractivity contribution >= 4 is 6.09 Å². The van der Waals surface area contributed by atoms with E-state index < -0.39 is 6.09 Å². The molecule has 1 saturated carbocycles. The fourth-order valence-corrected chi connectivity index (χ4v) is 2.67. The molecule has 0 unspecified atom stereocenters. The van der Waals surface area contributed by atoms with Crippen LogP contribution in [-0.4, -0.2) is 23.8 Å². The lowest BCUT2D eigenvalue weighted by molar-refractivity contribution is 0.0919. The third-order valence-corrected chi connectivity index (χ3v) is 4.05. The zero-order valence-electron chi connectivity index (χ0n) is 12.0. The summed E-state index contributed by atoms with van der Waals surface area (Å²) >= 11 is 0. The molecule has 110 valence electrons. The van der Waals surface area contributed by atoms with Crippen molar-refractivity contribution in [2.45, 2.75) is 45.3 Å². The molecule has 1 atom stereocenters. The summed E-state index contributed by atoms with van der Waals surface area (Å²) in [5, 5.41) is 12.1. The van der Waals surface area contributed by atoms with E-state index in [4.69, 9.17) is 4.74 Å². The van der Waals surface area contributed by atoms with Crippen LogP contribution in [0.1, 0.15) is 38.2 Å². The second-order valence-electron chi connectivity index (χ2n) is 5.95. The van der Waals surface area contributed by atoms with E-state index in [9.17, 15) is 9.90 Å². The average Bonchev–Trinajstić information content (AvgIpc) is 2.44. The van der Waals surface area contributed by atoms with E-state index in [2.05, 4.69) is 12.2 Å². The molecule has 4 nitrogen and oxygen atoms in total. The normalized spacial score (nSPS) is 17.9. The molecule has 0 heterocycles. The van der Waals surface area contributed by atoms with Gasteiger partial charge >= 0.3 is 6.09 Å². The summed E-state index contributed by atoms with van der Waals surface area (Å²) in [4.78, 5) is 11.7. The smallest absolute Gasteiger partial charge is 0.407 e. The molecule has 2 rings (SSSR count). The number of amides is 1. The van der Waals surface area contributed by atoms with E-state index >= 15 is 0 Å². The Balaban J connectivity index is 1.74. The van der Waals surface area contributed by atoms with Gasteiger partial charge in [-0.1, -0.05) is 43.7 Å². The number of benzene rings is 1. The molecule has 0 bridgehead atoms. The van der Waals surface area contributed by atoms with Crippen LogP contribution in [0.5, 0.6) is 0 Å². The molecule has 1 aliphatic rings. The minimum absolute atomic E-state index is 0.0456. The van der Waals surface area contributed by atoms with E-state index in [1.807, 2.05) is 30.3 Å². The van der Waals surface area contributed by atoms with Crippen molar-refractivity contribution in [3.05, 3.63) is 35.9 Å². The zero-order chi connectivity index (χ0) is 14.4. The number of aliphatic hydroxyl groups is 1. The van der Waals surface area contributed by atoms with Gasteiger partial charge < -0.3 is 15.2 Å². The number of carbonyl (C=O) groups excluding carboxylic acids is 1. The Kier molecular flexibility index (Phi) is 5.01. The van der Waals surface area contributed by atoms with Gasteiger partial charge in [-0.05, 0) is 30.2 Å². The van der Waals surface area contributed by atoms with E-state index in [1.54, 1.807) is 0 Å². The van der Waals surface area contributed by atoms with E-state index in [1.165, 1.54) is 19.3 Å². The maximum atomic E-state index is 11.7. The number of aliphatic hydroxyl groups excluding tert-OH is 1. The highest BCUT2D eigenvalue weighted by Gasteiger charge is 2.34. The summed E-state index contributed by atoms with van der Waals surface area (Å²) in [6.07, 6.45) is 3.93. The van der Waals surface area contributed by atoms with Crippen molar-refractivity contribution in [2.24, 2.45) is 5.41 Å². The van der Waals surface area contributed by atoms with Crippen LogP contribution in [0.25, 0.3) is 0 Å². The average molecular weight is 277 g/mol. The predicted octanol–water partition coefficient (Wildman–Crippen LogP) is 2.85. The summed E-state index contributed by atoms with van der Waals surface area (Å²) in [6.45, 7) is 2.41. The van der Waals surface area contributed by atoms with Crippen LogP contribution in [0.4, 0.5) is 4.79 Å². The Morgan fingerprint density at radius 3 is 2.65 bits per heavy atom. The van der Waals surface area contributed by atoms with Crippen LogP contribution in [0.15, 0.2) is 30.3 Å². The van der Waals surface area contributed by atoms with Crippen molar-refractivity contribution in [3.63, 3.8) is 0 Å². The molecule has 0 aromatic heterocycles. The van der Waals surface area contributed by atoms with Crippen LogP contribution in [0.2, 0.25) is 0 Å². The Morgan fingerprint density at radius 1 is 1.40 bits per heavy atom. The lowest BCUT2D eigenvalue weighted by Crippen LogP contribution is -2.43. The number of hydrogen-bond donors (Lipinski definition) is 2. The highest BCUT2D eigenvalue weighted by atomic mass is 16.5. The SMILES string of the molecule is CC1(C[C@@H](CO)NC(=O)OCc2ccccc2)CCC1. The molecule has 20 heavy (non-hydrogen) atoms. The molecule has 0 aliphatic heterocycles. The standard InChI is InChI=1S/C16H23NO3/c1-16(8-5-9-16)10-14(11-18)17-15(19)20-12-13-6-3-2-4-7-13/h2-4,6-7,14,18H,5,8-12H2,1H3,(H,17,19)/t14-/m0/s1. The molecule has 1 fully saturated rings. The summed E-state index contributed by atoms with van der Waals surface area (Å²) in [5.74, 6) is 0. The van der Waals surface area contributed by atoms with Gasteiger partial charge in [0.2, 0.25) is 0 Å². The molecule has 1 aliphatic carbocycles. The molecule has 0 saturated heterocycles. The van der Waals surface area contributed by atoms with Crippen molar-refractivity contribution in [3.8, 4) is 0 Å². The van der Waals surface area contributed by atoms with Gasteiger partial charge in [0, 0.05) is 0 Å². The third kappa shape index (κ3) is 4.23. The summed E-state index contributed by atoms with van der Waals surface area (Å²) < 4.78 is 5.17. The minimum atomic E-state index is -0.462. The Hall–Kier alpha value is -1.55. The van der Waals surface area contributed by atoms with Crippen molar-refractivity contribution in [1.82, 2.24) is 5.32 Å². The Bertz CT molecular complexity index is 429. The first kappa shape index (κ1) is 14.9. The first-order chi connectivity index (χ1) is 9.61. The van der Waals surface area contributed by atoms with Gasteiger partial charge in [0.1, 0.15) is 6.61 Å². The quantitative estimate of drug-likeness (QED) is 0.840. The largest absolute Gasteiger partial charge is 0.445 e. The van der Waals surface area contributed by atoms with Crippen molar-refractivity contribution < 1.29 is 14.6 Å². The van der Waals surface area contributed by atoms with Gasteiger partial charge in [-0.15, -0.1) is 0 Å². The van der Waals surface area contributed by atoms with Gasteiger partial charge in [-0.2, -0.15) is 0 Å². The van der Waals surface area contributed by atoms with Crippen molar-refractivity contribution in [2.75, 3.05) is 6.61 Å². The third-order valence-electron chi connectivity index (χ3n) is 4.05. The van der Waals surface area contributed by atoms with Crippen LogP contribution in [0.3, 0.4) is 0 Å². The van der Waals surface area contributed by atoms with Gasteiger partial charge in [0.05, 0.1) is 12.6 Å². The fourth-order valence-electron chi connectivity index (χ4n) is 2.67. The monoisotopic (exact) mass is 277 g/mol. The second kappa shape index (κ2) is 6.75. The van der Waals surface area contributed by atoms with Gasteiger partial charge in [0.15, 0.2) is 0 Å². The molecule has 4 heteroatoms. The predicted molar refractivity (Wildman–Crippen MR) is 77.2 cm³/mol. The highest BCUT2D eigenvalue weighted by molar-refractivity contribution is 5.67.